The molecule has 4 rings (SSSR count). The highest BCUT2D eigenvalue weighted by Gasteiger charge is 2.14. The molecular formula is C29H25ClNP. The Balaban J connectivity index is 0.000000195. The summed E-state index contributed by atoms with van der Waals surface area (Å²) in [5, 5.41) is 12.5. The van der Waals surface area contributed by atoms with E-state index in [0.29, 0.717) is 12.3 Å². The molecule has 0 aliphatic heterocycles. The van der Waals surface area contributed by atoms with Crippen molar-refractivity contribution in [1.82, 2.24) is 0 Å². The van der Waals surface area contributed by atoms with Crippen molar-refractivity contribution in [2.45, 2.75) is 12.3 Å². The summed E-state index contributed by atoms with van der Waals surface area (Å²) in [4.78, 5) is 0. The van der Waals surface area contributed by atoms with E-state index in [-0.39, 0.29) is 0 Å². The van der Waals surface area contributed by atoms with Gasteiger partial charge in [0.25, 0.3) is 0 Å². The van der Waals surface area contributed by atoms with Crippen molar-refractivity contribution in [2.24, 2.45) is 0 Å². The molecule has 0 atom stereocenters. The van der Waals surface area contributed by atoms with Crippen molar-refractivity contribution >= 4 is 41.5 Å². The monoisotopic (exact) mass is 453 g/mol. The third-order valence-corrected chi connectivity index (χ3v) is 7.42. The molecule has 0 fully saturated rings. The molecule has 32 heavy (non-hydrogen) atoms. The second-order valence-corrected chi connectivity index (χ2v) is 9.47. The summed E-state index contributed by atoms with van der Waals surface area (Å²) in [7, 11) is -0.446. The first-order valence-corrected chi connectivity index (χ1v) is 12.3. The molecule has 0 aliphatic rings. The highest BCUT2D eigenvalue weighted by Crippen LogP contribution is 2.32. The highest BCUT2D eigenvalue weighted by atomic mass is 35.5. The van der Waals surface area contributed by atoms with Gasteiger partial charge in [0.2, 0.25) is 0 Å². The van der Waals surface area contributed by atoms with Crippen LogP contribution in [-0.4, -0.2) is 0 Å². The zero-order valence-electron chi connectivity index (χ0n) is 17.8. The summed E-state index contributed by atoms with van der Waals surface area (Å²) in [6.45, 7) is 0. The predicted octanol–water partition coefficient (Wildman–Crippen LogP) is 6.80. The van der Waals surface area contributed by atoms with Gasteiger partial charge >= 0.3 is 0 Å². The minimum absolute atomic E-state index is 0.446. The molecule has 0 heterocycles. The molecule has 158 valence electrons. The molecule has 0 saturated heterocycles. The fourth-order valence-corrected chi connectivity index (χ4v) is 5.68. The van der Waals surface area contributed by atoms with Crippen LogP contribution in [0.3, 0.4) is 0 Å². The molecular weight excluding hydrogens is 429 g/mol. The van der Waals surface area contributed by atoms with Crippen LogP contribution in [0, 0.1) is 11.3 Å². The van der Waals surface area contributed by atoms with Gasteiger partial charge in [0.1, 0.15) is 0 Å². The molecule has 3 heteroatoms. The van der Waals surface area contributed by atoms with Gasteiger partial charge in [-0.05, 0) is 35.0 Å². The molecule has 0 aromatic heterocycles. The minimum Gasteiger partial charge on any atom is -0.198 e. The predicted molar refractivity (Wildman–Crippen MR) is 140 cm³/mol. The Kier molecular flexibility index (Phi) is 9.75. The first-order valence-electron chi connectivity index (χ1n) is 10.5. The SMILES string of the molecule is N#CC/C=C/c1cccc(CCl)c1.c1ccc(P(c2ccccc2)c2ccccc2)cc1. The average Bonchev–Trinajstić information content (AvgIpc) is 2.87. The van der Waals surface area contributed by atoms with Crippen molar-refractivity contribution in [2.75, 3.05) is 0 Å². The first-order chi connectivity index (χ1) is 15.8. The van der Waals surface area contributed by atoms with E-state index in [4.69, 9.17) is 16.9 Å². The van der Waals surface area contributed by atoms with Gasteiger partial charge in [0, 0.05) is 5.88 Å². The molecule has 0 saturated carbocycles. The smallest absolute Gasteiger partial charge is 0.0663 e. The number of rotatable bonds is 6. The second-order valence-electron chi connectivity index (χ2n) is 6.99. The molecule has 4 aromatic rings. The summed E-state index contributed by atoms with van der Waals surface area (Å²) in [5.74, 6) is 0.528. The number of benzene rings is 4. The van der Waals surface area contributed by atoms with E-state index < -0.39 is 7.92 Å². The van der Waals surface area contributed by atoms with Gasteiger partial charge in [-0.25, -0.2) is 0 Å². The zero-order valence-corrected chi connectivity index (χ0v) is 19.5. The lowest BCUT2D eigenvalue weighted by atomic mass is 10.1. The summed E-state index contributed by atoms with van der Waals surface area (Å²) in [6, 6.07) is 42.3. The van der Waals surface area contributed by atoms with Crippen LogP contribution in [0.2, 0.25) is 0 Å². The fourth-order valence-electron chi connectivity index (χ4n) is 3.21. The van der Waals surface area contributed by atoms with Gasteiger partial charge in [0.15, 0.2) is 0 Å². The Morgan fingerprint density at radius 2 is 1.19 bits per heavy atom. The summed E-state index contributed by atoms with van der Waals surface area (Å²) in [6.07, 6.45) is 4.22. The molecule has 0 spiro atoms. The van der Waals surface area contributed by atoms with Crippen molar-refractivity contribution < 1.29 is 0 Å². The van der Waals surface area contributed by atoms with Crippen LogP contribution < -0.4 is 15.9 Å². The van der Waals surface area contributed by atoms with Crippen LogP contribution in [0.15, 0.2) is 121 Å². The molecule has 0 bridgehead atoms. The third kappa shape index (κ3) is 7.21. The molecule has 1 nitrogen and oxygen atoms in total. The van der Waals surface area contributed by atoms with Crippen LogP contribution in [0.5, 0.6) is 0 Å². The van der Waals surface area contributed by atoms with Gasteiger partial charge < -0.3 is 0 Å². The van der Waals surface area contributed by atoms with Gasteiger partial charge in [-0.1, -0.05) is 127 Å². The molecule has 0 amide bonds. The highest BCUT2D eigenvalue weighted by molar-refractivity contribution is 7.79. The molecule has 0 radical (unpaired) electrons. The number of hydrogen-bond donors (Lipinski definition) is 0. The first kappa shape index (κ1) is 23.5. The topological polar surface area (TPSA) is 23.8 Å². The number of hydrogen-bond acceptors (Lipinski definition) is 1. The van der Waals surface area contributed by atoms with E-state index in [1.54, 1.807) is 0 Å². The Bertz CT molecular complexity index is 1040. The molecule has 4 aromatic carbocycles. The Labute approximate surface area is 197 Å². The van der Waals surface area contributed by atoms with Crippen LogP contribution in [0.1, 0.15) is 17.5 Å². The maximum atomic E-state index is 8.32. The zero-order chi connectivity index (χ0) is 22.4. The molecule has 0 N–H and O–H groups in total. The van der Waals surface area contributed by atoms with Crippen LogP contribution in [0.4, 0.5) is 0 Å². The number of allylic oxidation sites excluding steroid dienone is 1. The molecule has 0 aliphatic carbocycles. The maximum absolute atomic E-state index is 8.32. The normalized spacial score (nSPS) is 10.4. The van der Waals surface area contributed by atoms with Gasteiger partial charge in [0.05, 0.1) is 12.5 Å². The summed E-state index contributed by atoms with van der Waals surface area (Å²) >= 11 is 5.68. The lowest BCUT2D eigenvalue weighted by Gasteiger charge is -2.18. The van der Waals surface area contributed by atoms with E-state index in [1.165, 1.54) is 15.9 Å². The summed E-state index contributed by atoms with van der Waals surface area (Å²) < 4.78 is 0. The van der Waals surface area contributed by atoms with Crippen LogP contribution in [0.25, 0.3) is 6.08 Å². The van der Waals surface area contributed by atoms with Gasteiger partial charge in [-0.3, -0.25) is 0 Å². The minimum atomic E-state index is -0.446. The van der Waals surface area contributed by atoms with E-state index in [9.17, 15) is 0 Å². The third-order valence-electron chi connectivity index (χ3n) is 4.67. The van der Waals surface area contributed by atoms with E-state index >= 15 is 0 Å². The molecule has 0 unspecified atom stereocenters. The second kappa shape index (κ2) is 13.3. The van der Waals surface area contributed by atoms with Crippen LogP contribution in [-0.2, 0) is 5.88 Å². The van der Waals surface area contributed by atoms with E-state index in [2.05, 4.69) is 97.1 Å². The quantitative estimate of drug-likeness (QED) is 0.233. The Morgan fingerprint density at radius 3 is 1.62 bits per heavy atom. The van der Waals surface area contributed by atoms with E-state index in [0.717, 1.165) is 11.1 Å². The largest absolute Gasteiger partial charge is 0.198 e. The lowest BCUT2D eigenvalue weighted by Crippen LogP contribution is -2.20. The van der Waals surface area contributed by atoms with E-state index in [1.807, 2.05) is 36.4 Å². The Hall–Kier alpha value is -3.17. The Morgan fingerprint density at radius 1 is 0.688 bits per heavy atom. The van der Waals surface area contributed by atoms with Gasteiger partial charge in [-0.15, -0.1) is 11.6 Å². The average molecular weight is 454 g/mol. The maximum Gasteiger partial charge on any atom is 0.0663 e. The number of halogens is 1. The standard InChI is InChI=1S/C18H15P.C11H10ClN/c1-4-10-16(11-5-1)19(17-12-6-2-7-13-17)18-14-8-3-9-15-18;12-9-11-6-3-5-10(8-11)4-1-2-7-13/h1-15H;1,3-6,8H,2,9H2/b;4-1+. The number of nitriles is 1. The summed E-state index contributed by atoms with van der Waals surface area (Å²) in [5.41, 5.74) is 2.19. The number of alkyl halides is 1. The van der Waals surface area contributed by atoms with Crippen molar-refractivity contribution in [3.05, 3.63) is 132 Å². The van der Waals surface area contributed by atoms with Crippen molar-refractivity contribution in [3.63, 3.8) is 0 Å². The number of nitrogens with zero attached hydrogens (tertiary/aromatic N) is 1. The van der Waals surface area contributed by atoms with Crippen molar-refractivity contribution in [1.29, 1.82) is 5.26 Å². The lowest BCUT2D eigenvalue weighted by molar-refractivity contribution is 1.36. The van der Waals surface area contributed by atoms with Crippen LogP contribution >= 0.6 is 19.5 Å². The van der Waals surface area contributed by atoms with Crippen molar-refractivity contribution in [3.8, 4) is 6.07 Å². The van der Waals surface area contributed by atoms with Gasteiger partial charge in [-0.2, -0.15) is 5.26 Å². The fraction of sp³-hybridized carbons (Fsp3) is 0.0690.